The van der Waals surface area contributed by atoms with E-state index in [4.69, 9.17) is 4.74 Å². The molecule has 180 valence electrons. The van der Waals surface area contributed by atoms with Crippen molar-refractivity contribution in [1.82, 2.24) is 14.9 Å². The Morgan fingerprint density at radius 3 is 2.67 bits per heavy atom. The normalized spacial score (nSPS) is 24.2. The first-order valence-electron chi connectivity index (χ1n) is 11.6. The molecular formula is C24H32FN3O4S. The molecule has 0 spiro atoms. The molecule has 1 saturated carbocycles. The van der Waals surface area contributed by atoms with E-state index in [0.29, 0.717) is 53.7 Å². The van der Waals surface area contributed by atoms with Crippen molar-refractivity contribution in [1.29, 1.82) is 0 Å². The van der Waals surface area contributed by atoms with Gasteiger partial charge in [0.1, 0.15) is 22.8 Å². The molecule has 7 nitrogen and oxygen atoms in total. The topological polar surface area (TPSA) is 95.5 Å². The highest BCUT2D eigenvalue weighted by atomic mass is 32.2. The van der Waals surface area contributed by atoms with E-state index in [-0.39, 0.29) is 11.3 Å². The maximum absolute atomic E-state index is 14.7. The molecule has 1 aliphatic carbocycles. The van der Waals surface area contributed by atoms with Crippen LogP contribution in [0.1, 0.15) is 58.2 Å². The summed E-state index contributed by atoms with van der Waals surface area (Å²) in [6.07, 6.45) is 5.09. The highest BCUT2D eigenvalue weighted by Crippen LogP contribution is 2.35. The second-order valence-electron chi connectivity index (χ2n) is 9.58. The van der Waals surface area contributed by atoms with Crippen LogP contribution in [0.4, 0.5) is 4.39 Å². The van der Waals surface area contributed by atoms with Crippen LogP contribution in [-0.2, 0) is 10.5 Å². The molecule has 9 heteroatoms. The van der Waals surface area contributed by atoms with Crippen LogP contribution in [0.2, 0.25) is 0 Å². The van der Waals surface area contributed by atoms with Crippen molar-refractivity contribution in [2.75, 3.05) is 19.7 Å². The molecular weight excluding hydrogens is 445 g/mol. The number of benzene rings is 1. The third-order valence-corrected chi connectivity index (χ3v) is 8.18. The second-order valence-corrected chi connectivity index (χ2v) is 10.9. The first-order chi connectivity index (χ1) is 15.7. The van der Waals surface area contributed by atoms with Crippen molar-refractivity contribution in [2.24, 2.45) is 5.92 Å². The van der Waals surface area contributed by atoms with Crippen molar-refractivity contribution < 1.29 is 19.0 Å². The Morgan fingerprint density at radius 2 is 2.00 bits per heavy atom. The number of piperidine rings is 1. The van der Waals surface area contributed by atoms with E-state index < -0.39 is 17.0 Å². The molecule has 0 radical (unpaired) electrons. The summed E-state index contributed by atoms with van der Waals surface area (Å²) in [6.45, 7) is 5.32. The number of rotatable bonds is 6. The number of carbonyl (C=O) groups is 1. The van der Waals surface area contributed by atoms with Gasteiger partial charge in [-0.2, -0.15) is 11.8 Å². The number of thioether (sulfide) groups is 1. The number of carbonyl (C=O) groups excluding carboxylic acids is 1. The number of likely N-dealkylation sites (tertiary alicyclic amines) is 1. The maximum Gasteiger partial charge on any atom is 0.261 e. The van der Waals surface area contributed by atoms with E-state index in [0.717, 1.165) is 38.5 Å². The Bertz CT molecular complexity index is 1060. The molecule has 1 aliphatic heterocycles. The Hall–Kier alpha value is -2.13. The molecule has 2 aliphatic rings. The van der Waals surface area contributed by atoms with E-state index in [1.54, 1.807) is 24.8 Å². The van der Waals surface area contributed by atoms with Crippen molar-refractivity contribution >= 4 is 28.6 Å². The number of amides is 1. The predicted octanol–water partition coefficient (Wildman–Crippen LogP) is 3.63. The monoisotopic (exact) mass is 477 g/mol. The molecule has 1 aromatic carbocycles. The first kappa shape index (κ1) is 24.0. The van der Waals surface area contributed by atoms with E-state index >= 15 is 0 Å². The lowest BCUT2D eigenvalue weighted by Gasteiger charge is -2.32. The van der Waals surface area contributed by atoms with Gasteiger partial charge in [-0.1, -0.05) is 0 Å². The fourth-order valence-corrected chi connectivity index (χ4v) is 5.70. The molecule has 0 unspecified atom stereocenters. The van der Waals surface area contributed by atoms with Gasteiger partial charge >= 0.3 is 0 Å². The molecule has 2 aromatic rings. The largest absolute Gasteiger partial charge is 0.493 e. The average molecular weight is 478 g/mol. The summed E-state index contributed by atoms with van der Waals surface area (Å²) in [5.74, 6) is 1.15. The molecule has 1 amide bonds. The number of hydrogen-bond donors (Lipinski definition) is 2. The van der Waals surface area contributed by atoms with Crippen molar-refractivity contribution in [2.45, 2.75) is 69.0 Å². The fraction of sp³-hybridized carbons (Fsp3) is 0.625. The summed E-state index contributed by atoms with van der Waals surface area (Å²) in [7, 11) is 0. The molecule has 1 saturated heterocycles. The SMILES string of the molecule is CC(=O)N1CCC(COc2cc(F)c3c(=O)[nH]c(CS[C@H]4CC[C@@](C)(O)CC4)nc3c2)CC1. The number of nitrogens with one attached hydrogen (secondary N) is 1. The van der Waals surface area contributed by atoms with Gasteiger partial charge in [-0.3, -0.25) is 9.59 Å². The number of aromatic amines is 1. The third kappa shape index (κ3) is 6.06. The van der Waals surface area contributed by atoms with Crippen LogP contribution in [0.3, 0.4) is 0 Å². The van der Waals surface area contributed by atoms with Gasteiger partial charge in [0.05, 0.1) is 23.5 Å². The number of ether oxygens (including phenoxy) is 1. The summed E-state index contributed by atoms with van der Waals surface area (Å²) < 4.78 is 20.5. The Balaban J connectivity index is 1.40. The number of aromatic nitrogens is 2. The van der Waals surface area contributed by atoms with Crippen LogP contribution in [0.25, 0.3) is 10.9 Å². The smallest absolute Gasteiger partial charge is 0.261 e. The van der Waals surface area contributed by atoms with Crippen LogP contribution in [-0.4, -0.2) is 56.4 Å². The zero-order valence-corrected chi connectivity index (χ0v) is 20.0. The summed E-state index contributed by atoms with van der Waals surface area (Å²) in [5.41, 5.74) is -0.768. The van der Waals surface area contributed by atoms with Gasteiger partial charge in [0.25, 0.3) is 5.56 Å². The number of halogens is 1. The second kappa shape index (κ2) is 10.0. The lowest BCUT2D eigenvalue weighted by atomic mass is 9.86. The van der Waals surface area contributed by atoms with E-state index in [9.17, 15) is 19.1 Å². The van der Waals surface area contributed by atoms with Crippen molar-refractivity contribution in [3.63, 3.8) is 0 Å². The Morgan fingerprint density at radius 1 is 1.30 bits per heavy atom. The highest BCUT2D eigenvalue weighted by molar-refractivity contribution is 7.99. The Labute approximate surface area is 197 Å². The Kier molecular flexibility index (Phi) is 7.28. The maximum atomic E-state index is 14.7. The minimum atomic E-state index is -0.642. The summed E-state index contributed by atoms with van der Waals surface area (Å²) in [4.78, 5) is 33.0. The van der Waals surface area contributed by atoms with Crippen LogP contribution in [0.15, 0.2) is 16.9 Å². The highest BCUT2D eigenvalue weighted by Gasteiger charge is 2.29. The fourth-order valence-electron chi connectivity index (χ4n) is 4.60. The number of aliphatic hydroxyl groups is 1. The van der Waals surface area contributed by atoms with Crippen molar-refractivity contribution in [3.8, 4) is 5.75 Å². The summed E-state index contributed by atoms with van der Waals surface area (Å²) >= 11 is 1.71. The molecule has 0 atom stereocenters. The summed E-state index contributed by atoms with van der Waals surface area (Å²) in [5, 5.41) is 10.5. The lowest BCUT2D eigenvalue weighted by Crippen LogP contribution is -2.38. The standard InChI is InChI=1S/C24H32FN3O4S/c1-15(29)28-9-5-16(6-10-28)13-32-17-11-19(25)22-20(12-17)26-21(27-23(22)30)14-33-18-3-7-24(2,31)8-4-18/h11-12,16,18,31H,3-10,13-14H2,1-2H3,(H,26,27,30)/t18-,24+. The van der Waals surface area contributed by atoms with E-state index in [1.807, 2.05) is 11.8 Å². The molecule has 2 fully saturated rings. The van der Waals surface area contributed by atoms with Gasteiger partial charge in [0, 0.05) is 37.4 Å². The van der Waals surface area contributed by atoms with E-state index in [1.165, 1.54) is 6.07 Å². The first-order valence-corrected chi connectivity index (χ1v) is 12.7. The number of nitrogens with zero attached hydrogens (tertiary/aromatic N) is 2. The number of hydrogen-bond acceptors (Lipinski definition) is 6. The third-order valence-electron chi connectivity index (χ3n) is 6.79. The van der Waals surface area contributed by atoms with Gasteiger partial charge in [0.2, 0.25) is 5.91 Å². The number of fused-ring (bicyclic) bond motifs is 1. The molecule has 4 rings (SSSR count). The predicted molar refractivity (Wildman–Crippen MR) is 127 cm³/mol. The van der Waals surface area contributed by atoms with Crippen molar-refractivity contribution in [3.05, 3.63) is 34.1 Å². The minimum Gasteiger partial charge on any atom is -0.493 e. The van der Waals surface area contributed by atoms with Crippen LogP contribution in [0.5, 0.6) is 5.75 Å². The van der Waals surface area contributed by atoms with Gasteiger partial charge in [-0.15, -0.1) is 0 Å². The average Bonchev–Trinajstić information content (AvgIpc) is 2.76. The van der Waals surface area contributed by atoms with Gasteiger partial charge < -0.3 is 19.7 Å². The minimum absolute atomic E-state index is 0.0559. The summed E-state index contributed by atoms with van der Waals surface area (Å²) in [6, 6.07) is 2.87. The quantitative estimate of drug-likeness (QED) is 0.660. The zero-order valence-electron chi connectivity index (χ0n) is 19.2. The van der Waals surface area contributed by atoms with Crippen LogP contribution >= 0.6 is 11.8 Å². The van der Waals surface area contributed by atoms with Crippen LogP contribution < -0.4 is 10.3 Å². The molecule has 1 aromatic heterocycles. The van der Waals surface area contributed by atoms with Crippen LogP contribution in [0, 0.1) is 11.7 Å². The van der Waals surface area contributed by atoms with Gasteiger partial charge in [0.15, 0.2) is 0 Å². The van der Waals surface area contributed by atoms with Gasteiger partial charge in [-0.05, 0) is 51.4 Å². The molecule has 2 N–H and O–H groups in total. The lowest BCUT2D eigenvalue weighted by molar-refractivity contribution is -0.130. The molecule has 33 heavy (non-hydrogen) atoms. The number of H-pyrrole nitrogens is 1. The van der Waals surface area contributed by atoms with Gasteiger partial charge in [-0.25, -0.2) is 9.37 Å². The molecule has 2 heterocycles. The zero-order chi connectivity index (χ0) is 23.6. The van der Waals surface area contributed by atoms with E-state index in [2.05, 4.69) is 9.97 Å². The molecule has 0 bridgehead atoms.